The molecule has 0 amide bonds. The molecule has 2 heteroatoms. The summed E-state index contributed by atoms with van der Waals surface area (Å²) in [4.78, 5) is 0. The number of hydrogen-bond acceptors (Lipinski definition) is 2. The molecule has 0 aliphatic heterocycles. The number of aliphatic hydroxyl groups is 2. The zero-order valence-electron chi connectivity index (χ0n) is 21.1. The standard InChI is InChI=1S/C29H48O2/c1-19(2)8-7-9-20(3)22-11-12-23-21-10-13-25-28(5,24(21)14-16-27(22,23)4)17-15-26(31)29(25,6)18-30/h8,20,22-23,25-26,30-31H,7,9-18H2,1-6H3/t20-,22-,23+,25-,26+,27-,28-,29+/m1/s1. The van der Waals surface area contributed by atoms with Crippen LogP contribution in [0.2, 0.25) is 0 Å². The van der Waals surface area contributed by atoms with Crippen molar-refractivity contribution in [2.24, 2.45) is 39.9 Å². The molecule has 0 spiro atoms. The summed E-state index contributed by atoms with van der Waals surface area (Å²) in [6, 6.07) is 0. The molecule has 176 valence electrons. The zero-order chi connectivity index (χ0) is 22.6. The second-order valence-corrected chi connectivity index (χ2v) is 12.8. The van der Waals surface area contributed by atoms with E-state index >= 15 is 0 Å². The van der Waals surface area contributed by atoms with Crippen LogP contribution >= 0.6 is 0 Å². The molecule has 4 aliphatic carbocycles. The van der Waals surface area contributed by atoms with Gasteiger partial charge in [-0.05, 0) is 113 Å². The van der Waals surface area contributed by atoms with Crippen molar-refractivity contribution in [1.29, 1.82) is 0 Å². The topological polar surface area (TPSA) is 40.5 Å². The molecule has 4 rings (SSSR count). The predicted octanol–water partition coefficient (Wildman–Crippen LogP) is 7.06. The third-order valence-corrected chi connectivity index (χ3v) is 11.0. The molecule has 0 radical (unpaired) electrons. The van der Waals surface area contributed by atoms with Crippen LogP contribution in [0.25, 0.3) is 0 Å². The van der Waals surface area contributed by atoms with Gasteiger partial charge in [0.05, 0.1) is 12.7 Å². The van der Waals surface area contributed by atoms with E-state index in [2.05, 4.69) is 47.6 Å². The van der Waals surface area contributed by atoms with Gasteiger partial charge in [-0.2, -0.15) is 0 Å². The summed E-state index contributed by atoms with van der Waals surface area (Å²) >= 11 is 0. The lowest BCUT2D eigenvalue weighted by molar-refractivity contribution is -0.126. The molecule has 0 aromatic rings. The molecule has 2 saturated carbocycles. The summed E-state index contributed by atoms with van der Waals surface area (Å²) in [5.41, 5.74) is 5.34. The summed E-state index contributed by atoms with van der Waals surface area (Å²) < 4.78 is 0. The quantitative estimate of drug-likeness (QED) is 0.460. The van der Waals surface area contributed by atoms with Crippen molar-refractivity contribution < 1.29 is 10.2 Å². The summed E-state index contributed by atoms with van der Waals surface area (Å²) in [5.74, 6) is 2.86. The van der Waals surface area contributed by atoms with Crippen LogP contribution in [0, 0.1) is 39.9 Å². The number of aliphatic hydroxyl groups excluding tert-OH is 2. The highest BCUT2D eigenvalue weighted by molar-refractivity contribution is 5.35. The Kier molecular flexibility index (Phi) is 6.32. The molecule has 31 heavy (non-hydrogen) atoms. The second kappa shape index (κ2) is 8.32. The van der Waals surface area contributed by atoms with Crippen molar-refractivity contribution in [3.05, 3.63) is 22.8 Å². The average molecular weight is 429 g/mol. The van der Waals surface area contributed by atoms with Crippen LogP contribution in [0.3, 0.4) is 0 Å². The lowest BCUT2D eigenvalue weighted by Gasteiger charge is -2.60. The first-order valence-corrected chi connectivity index (χ1v) is 13.2. The van der Waals surface area contributed by atoms with Crippen molar-refractivity contribution in [3.63, 3.8) is 0 Å². The van der Waals surface area contributed by atoms with Gasteiger partial charge in [0.2, 0.25) is 0 Å². The number of allylic oxidation sites excluding steroid dienone is 4. The summed E-state index contributed by atoms with van der Waals surface area (Å²) in [7, 11) is 0. The maximum absolute atomic E-state index is 10.8. The minimum absolute atomic E-state index is 0.115. The van der Waals surface area contributed by atoms with Crippen molar-refractivity contribution in [1.82, 2.24) is 0 Å². The number of fused-ring (bicyclic) bond motifs is 4. The van der Waals surface area contributed by atoms with E-state index in [0.717, 1.165) is 37.0 Å². The molecular weight excluding hydrogens is 380 g/mol. The molecule has 2 N–H and O–H groups in total. The molecule has 0 aromatic carbocycles. The van der Waals surface area contributed by atoms with Crippen LogP contribution in [0.1, 0.15) is 106 Å². The maximum atomic E-state index is 10.8. The fourth-order valence-corrected chi connectivity index (χ4v) is 9.13. The third-order valence-electron chi connectivity index (χ3n) is 11.0. The van der Waals surface area contributed by atoms with Gasteiger partial charge in [-0.25, -0.2) is 0 Å². The molecular formula is C29H48O2. The van der Waals surface area contributed by atoms with Crippen molar-refractivity contribution >= 4 is 0 Å². The normalized spacial score (nSPS) is 45.5. The molecule has 0 saturated heterocycles. The molecule has 0 aromatic heterocycles. The Morgan fingerprint density at radius 2 is 1.81 bits per heavy atom. The Morgan fingerprint density at radius 3 is 2.48 bits per heavy atom. The maximum Gasteiger partial charge on any atom is 0.0619 e. The Hall–Kier alpha value is -0.600. The van der Waals surface area contributed by atoms with Crippen LogP contribution in [-0.2, 0) is 0 Å². The minimum Gasteiger partial charge on any atom is -0.396 e. The molecule has 2 nitrogen and oxygen atoms in total. The van der Waals surface area contributed by atoms with E-state index in [1.807, 2.05) is 5.57 Å². The largest absolute Gasteiger partial charge is 0.396 e. The third kappa shape index (κ3) is 3.59. The molecule has 0 bridgehead atoms. The first-order chi connectivity index (χ1) is 14.6. The molecule has 4 aliphatic rings. The van der Waals surface area contributed by atoms with Crippen LogP contribution in [0.5, 0.6) is 0 Å². The van der Waals surface area contributed by atoms with Crippen LogP contribution in [0.4, 0.5) is 0 Å². The lowest BCUT2D eigenvalue weighted by Crippen LogP contribution is -2.56. The fraction of sp³-hybridized carbons (Fsp3) is 0.862. The molecule has 0 heterocycles. The fourth-order valence-electron chi connectivity index (χ4n) is 9.13. The van der Waals surface area contributed by atoms with E-state index in [4.69, 9.17) is 0 Å². The van der Waals surface area contributed by atoms with E-state index in [0.29, 0.717) is 11.3 Å². The molecule has 0 unspecified atom stereocenters. The highest BCUT2D eigenvalue weighted by Crippen LogP contribution is 2.68. The van der Waals surface area contributed by atoms with Gasteiger partial charge in [-0.15, -0.1) is 0 Å². The zero-order valence-corrected chi connectivity index (χ0v) is 21.1. The van der Waals surface area contributed by atoms with Gasteiger partial charge in [0, 0.05) is 5.41 Å². The van der Waals surface area contributed by atoms with Crippen molar-refractivity contribution in [2.75, 3.05) is 6.61 Å². The lowest BCUT2D eigenvalue weighted by atomic mass is 9.45. The first-order valence-electron chi connectivity index (χ1n) is 13.2. The van der Waals surface area contributed by atoms with E-state index in [1.54, 1.807) is 5.57 Å². The monoisotopic (exact) mass is 428 g/mol. The van der Waals surface area contributed by atoms with Crippen LogP contribution in [-0.4, -0.2) is 22.9 Å². The predicted molar refractivity (Wildman–Crippen MR) is 130 cm³/mol. The summed E-state index contributed by atoms with van der Waals surface area (Å²) in [5, 5.41) is 21.1. The van der Waals surface area contributed by atoms with Gasteiger partial charge >= 0.3 is 0 Å². The number of hydrogen-bond donors (Lipinski definition) is 2. The summed E-state index contributed by atoms with van der Waals surface area (Å²) in [6.07, 6.45) is 14.3. The Balaban J connectivity index is 1.60. The minimum atomic E-state index is -0.357. The van der Waals surface area contributed by atoms with Crippen molar-refractivity contribution in [2.45, 2.75) is 112 Å². The van der Waals surface area contributed by atoms with Gasteiger partial charge in [-0.3, -0.25) is 0 Å². The first kappa shape index (κ1) is 23.6. The SMILES string of the molecule is CC(C)=CCC[C@@H](C)[C@H]1CC[C@H]2C3=C(CC[C@]12C)[C@@]1(C)CC[C@H](O)[C@@](C)(CO)[C@@H]1CC3. The van der Waals surface area contributed by atoms with Gasteiger partial charge in [0.15, 0.2) is 0 Å². The Bertz CT molecular complexity index is 746. The number of rotatable bonds is 5. The average Bonchev–Trinajstić information content (AvgIpc) is 3.08. The second-order valence-electron chi connectivity index (χ2n) is 12.8. The van der Waals surface area contributed by atoms with E-state index in [9.17, 15) is 10.2 Å². The van der Waals surface area contributed by atoms with E-state index in [1.165, 1.54) is 50.5 Å². The Labute approximate surface area is 191 Å². The van der Waals surface area contributed by atoms with E-state index < -0.39 is 0 Å². The van der Waals surface area contributed by atoms with Crippen LogP contribution < -0.4 is 0 Å². The smallest absolute Gasteiger partial charge is 0.0619 e. The van der Waals surface area contributed by atoms with Gasteiger partial charge < -0.3 is 10.2 Å². The van der Waals surface area contributed by atoms with Crippen LogP contribution in [0.15, 0.2) is 22.8 Å². The summed E-state index contributed by atoms with van der Waals surface area (Å²) in [6.45, 7) is 14.3. The molecule has 2 fully saturated rings. The van der Waals surface area contributed by atoms with Gasteiger partial charge in [-0.1, -0.05) is 50.5 Å². The van der Waals surface area contributed by atoms with Gasteiger partial charge in [0.1, 0.15) is 0 Å². The highest BCUT2D eigenvalue weighted by atomic mass is 16.3. The van der Waals surface area contributed by atoms with Gasteiger partial charge in [0.25, 0.3) is 0 Å². The Morgan fingerprint density at radius 1 is 1.06 bits per heavy atom. The van der Waals surface area contributed by atoms with Crippen molar-refractivity contribution in [3.8, 4) is 0 Å². The van der Waals surface area contributed by atoms with E-state index in [-0.39, 0.29) is 23.5 Å². The molecule has 8 atom stereocenters. The highest BCUT2D eigenvalue weighted by Gasteiger charge is 2.60.